The summed E-state index contributed by atoms with van der Waals surface area (Å²) >= 11 is 0. The summed E-state index contributed by atoms with van der Waals surface area (Å²) in [6.07, 6.45) is 1.79. The number of ether oxygens (including phenoxy) is 1. The molecule has 0 heterocycles. The lowest BCUT2D eigenvalue weighted by Crippen LogP contribution is -2.41. The zero-order valence-corrected chi connectivity index (χ0v) is 18.4. The van der Waals surface area contributed by atoms with Crippen molar-refractivity contribution in [2.75, 3.05) is 11.9 Å². The van der Waals surface area contributed by atoms with Crippen molar-refractivity contribution in [3.05, 3.63) is 65.2 Å². The molecule has 3 amide bonds. The van der Waals surface area contributed by atoms with Crippen molar-refractivity contribution in [2.45, 2.75) is 46.0 Å². The van der Waals surface area contributed by atoms with E-state index in [9.17, 15) is 19.2 Å². The van der Waals surface area contributed by atoms with Crippen LogP contribution >= 0.6 is 0 Å². The first-order valence-electron chi connectivity index (χ1n) is 10.6. The second kappa shape index (κ2) is 12.9. The molecule has 0 aliphatic carbocycles. The highest BCUT2D eigenvalue weighted by atomic mass is 16.5. The fourth-order valence-electron chi connectivity index (χ4n) is 3.04. The number of esters is 1. The molecular formula is C24H29N3O5. The van der Waals surface area contributed by atoms with Crippen LogP contribution < -0.4 is 16.2 Å². The van der Waals surface area contributed by atoms with Crippen LogP contribution in [0.1, 0.15) is 54.6 Å². The third-order valence-corrected chi connectivity index (χ3v) is 4.76. The molecule has 2 rings (SSSR count). The number of hydrogen-bond donors (Lipinski definition) is 3. The van der Waals surface area contributed by atoms with Crippen molar-refractivity contribution in [1.29, 1.82) is 0 Å². The minimum atomic E-state index is -0.569. The maximum Gasteiger partial charge on any atom is 0.306 e. The largest absolute Gasteiger partial charge is 0.456 e. The SMILES string of the molecule is CCc1cccc(CC)c1NC(=O)COC(=O)CCCC(=O)NNC(=O)c1ccccc1. The molecule has 0 aliphatic rings. The number of anilines is 1. The predicted octanol–water partition coefficient (Wildman–Crippen LogP) is 2.92. The Morgan fingerprint density at radius 1 is 0.781 bits per heavy atom. The van der Waals surface area contributed by atoms with Crippen LogP contribution in [0.3, 0.4) is 0 Å². The summed E-state index contributed by atoms with van der Waals surface area (Å²) in [5, 5.41) is 2.83. The van der Waals surface area contributed by atoms with E-state index >= 15 is 0 Å². The maximum absolute atomic E-state index is 12.2. The number of nitrogens with one attached hydrogen (secondary N) is 3. The van der Waals surface area contributed by atoms with Gasteiger partial charge in [-0.3, -0.25) is 30.0 Å². The number of hydrogen-bond acceptors (Lipinski definition) is 5. The van der Waals surface area contributed by atoms with Gasteiger partial charge < -0.3 is 10.1 Å². The van der Waals surface area contributed by atoms with Crippen molar-refractivity contribution in [3.8, 4) is 0 Å². The Morgan fingerprint density at radius 2 is 1.44 bits per heavy atom. The molecule has 0 spiro atoms. The minimum absolute atomic E-state index is 0.0148. The second-order valence-electron chi connectivity index (χ2n) is 7.09. The van der Waals surface area contributed by atoms with Crippen LogP contribution in [0.4, 0.5) is 5.69 Å². The molecule has 2 aromatic rings. The molecule has 2 aromatic carbocycles. The molecule has 0 unspecified atom stereocenters. The summed E-state index contributed by atoms with van der Waals surface area (Å²) in [5.41, 5.74) is 7.85. The number of carbonyl (C=O) groups is 4. The highest BCUT2D eigenvalue weighted by Gasteiger charge is 2.13. The number of para-hydroxylation sites is 1. The van der Waals surface area contributed by atoms with Gasteiger partial charge in [0.1, 0.15) is 0 Å². The van der Waals surface area contributed by atoms with E-state index in [1.165, 1.54) is 0 Å². The number of benzene rings is 2. The number of amides is 3. The second-order valence-corrected chi connectivity index (χ2v) is 7.09. The molecule has 0 aromatic heterocycles. The fraction of sp³-hybridized carbons (Fsp3) is 0.333. The van der Waals surface area contributed by atoms with Crippen LogP contribution in [0.5, 0.6) is 0 Å². The molecule has 0 saturated carbocycles. The lowest BCUT2D eigenvalue weighted by Gasteiger charge is -2.14. The molecule has 0 aliphatic heterocycles. The molecule has 0 bridgehead atoms. The van der Waals surface area contributed by atoms with Gasteiger partial charge in [0, 0.05) is 24.1 Å². The van der Waals surface area contributed by atoms with Crippen molar-refractivity contribution in [3.63, 3.8) is 0 Å². The van der Waals surface area contributed by atoms with Crippen molar-refractivity contribution in [2.24, 2.45) is 0 Å². The number of carbonyl (C=O) groups excluding carboxylic acids is 4. The average Bonchev–Trinajstić information content (AvgIpc) is 2.81. The smallest absolute Gasteiger partial charge is 0.306 e. The van der Waals surface area contributed by atoms with Gasteiger partial charge >= 0.3 is 5.97 Å². The van der Waals surface area contributed by atoms with Gasteiger partial charge in [-0.05, 0) is 42.5 Å². The van der Waals surface area contributed by atoms with Crippen LogP contribution in [0, 0.1) is 0 Å². The van der Waals surface area contributed by atoms with Crippen LogP contribution in [-0.4, -0.2) is 30.3 Å². The monoisotopic (exact) mass is 439 g/mol. The van der Waals surface area contributed by atoms with Gasteiger partial charge in [0.25, 0.3) is 11.8 Å². The minimum Gasteiger partial charge on any atom is -0.456 e. The van der Waals surface area contributed by atoms with E-state index in [1.807, 2.05) is 32.0 Å². The topological polar surface area (TPSA) is 114 Å². The standard InChI is InChI=1S/C24H29N3O5/c1-3-17-12-8-13-18(4-2)23(17)25-21(29)16-32-22(30)15-9-14-20(28)26-27-24(31)19-10-6-5-7-11-19/h5-8,10-13H,3-4,9,14-16H2,1-2H3,(H,25,29)(H,26,28)(H,27,31). The van der Waals surface area contributed by atoms with Crippen LogP contribution in [0.2, 0.25) is 0 Å². The van der Waals surface area contributed by atoms with E-state index in [2.05, 4.69) is 16.2 Å². The Bertz CT molecular complexity index is 922. The van der Waals surface area contributed by atoms with Crippen molar-refractivity contribution < 1.29 is 23.9 Å². The Kier molecular flexibility index (Phi) is 9.90. The Balaban J connectivity index is 1.66. The van der Waals surface area contributed by atoms with Crippen LogP contribution in [0.15, 0.2) is 48.5 Å². The van der Waals surface area contributed by atoms with Crippen LogP contribution in [-0.2, 0) is 32.0 Å². The highest BCUT2D eigenvalue weighted by molar-refractivity contribution is 5.95. The van der Waals surface area contributed by atoms with Crippen LogP contribution in [0.25, 0.3) is 0 Å². The molecule has 8 nitrogen and oxygen atoms in total. The maximum atomic E-state index is 12.2. The summed E-state index contributed by atoms with van der Waals surface area (Å²) in [6, 6.07) is 14.3. The van der Waals surface area contributed by atoms with E-state index < -0.39 is 23.7 Å². The third kappa shape index (κ3) is 7.86. The Morgan fingerprint density at radius 3 is 2.06 bits per heavy atom. The lowest BCUT2D eigenvalue weighted by molar-refractivity contribution is -0.147. The van der Waals surface area contributed by atoms with Gasteiger partial charge in [-0.2, -0.15) is 0 Å². The van der Waals surface area contributed by atoms with E-state index in [-0.39, 0.29) is 25.9 Å². The molecule has 32 heavy (non-hydrogen) atoms. The Labute approximate surface area is 187 Å². The van der Waals surface area contributed by atoms with Gasteiger partial charge in [-0.1, -0.05) is 50.2 Å². The van der Waals surface area contributed by atoms with Gasteiger partial charge in [0.15, 0.2) is 6.61 Å². The average molecular weight is 440 g/mol. The van der Waals surface area contributed by atoms with E-state index in [1.54, 1.807) is 30.3 Å². The molecule has 0 radical (unpaired) electrons. The number of aryl methyl sites for hydroxylation is 2. The van der Waals surface area contributed by atoms with Gasteiger partial charge in [0.05, 0.1) is 0 Å². The summed E-state index contributed by atoms with van der Waals surface area (Å²) in [5.74, 6) is -1.83. The number of rotatable bonds is 10. The first-order valence-corrected chi connectivity index (χ1v) is 10.6. The van der Waals surface area contributed by atoms with Crippen molar-refractivity contribution >= 4 is 29.4 Å². The van der Waals surface area contributed by atoms with Crippen molar-refractivity contribution in [1.82, 2.24) is 10.9 Å². The molecule has 0 fully saturated rings. The Hall–Kier alpha value is -3.68. The third-order valence-electron chi connectivity index (χ3n) is 4.76. The van der Waals surface area contributed by atoms with E-state index in [0.717, 1.165) is 29.7 Å². The zero-order chi connectivity index (χ0) is 23.3. The highest BCUT2D eigenvalue weighted by Crippen LogP contribution is 2.22. The van der Waals surface area contributed by atoms with E-state index in [4.69, 9.17) is 4.74 Å². The fourth-order valence-corrected chi connectivity index (χ4v) is 3.04. The van der Waals surface area contributed by atoms with Gasteiger partial charge in [-0.15, -0.1) is 0 Å². The summed E-state index contributed by atoms with van der Waals surface area (Å²) in [6.45, 7) is 3.63. The first-order chi connectivity index (χ1) is 15.4. The molecule has 8 heteroatoms. The summed E-state index contributed by atoms with van der Waals surface area (Å²) < 4.78 is 5.01. The number of hydrazine groups is 1. The predicted molar refractivity (Wildman–Crippen MR) is 121 cm³/mol. The zero-order valence-electron chi connectivity index (χ0n) is 18.4. The summed E-state index contributed by atoms with van der Waals surface area (Å²) in [4.78, 5) is 47.7. The summed E-state index contributed by atoms with van der Waals surface area (Å²) in [7, 11) is 0. The molecular weight excluding hydrogens is 410 g/mol. The molecule has 170 valence electrons. The van der Waals surface area contributed by atoms with Gasteiger partial charge in [-0.25, -0.2) is 0 Å². The quantitative estimate of drug-likeness (QED) is 0.389. The van der Waals surface area contributed by atoms with E-state index in [0.29, 0.717) is 5.56 Å². The normalized spacial score (nSPS) is 10.2. The molecule has 0 saturated heterocycles. The first kappa shape index (κ1) is 24.6. The molecule has 3 N–H and O–H groups in total. The van der Waals surface area contributed by atoms with Gasteiger partial charge in [0.2, 0.25) is 5.91 Å². The lowest BCUT2D eigenvalue weighted by atomic mass is 10.0. The molecule has 0 atom stereocenters.